The van der Waals surface area contributed by atoms with Gasteiger partial charge < -0.3 is 10.0 Å². The number of piperazine rings is 1. The lowest BCUT2D eigenvalue weighted by molar-refractivity contribution is -0.132. The van der Waals surface area contributed by atoms with E-state index < -0.39 is 0 Å². The maximum atomic E-state index is 12.3. The lowest BCUT2D eigenvalue weighted by atomic mass is 10.1. The van der Waals surface area contributed by atoms with Gasteiger partial charge in [-0.1, -0.05) is 36.7 Å². The van der Waals surface area contributed by atoms with Gasteiger partial charge in [-0.25, -0.2) is 0 Å². The molecule has 5 heteroatoms. The van der Waals surface area contributed by atoms with E-state index in [0.717, 1.165) is 38.2 Å². The zero-order valence-electron chi connectivity index (χ0n) is 12.5. The largest absolute Gasteiger partial charge is 0.392 e. The number of benzene rings is 1. The van der Waals surface area contributed by atoms with Crippen molar-refractivity contribution in [2.75, 3.05) is 32.7 Å². The number of halogens is 1. The molecule has 0 bridgehead atoms. The molecule has 1 atom stereocenters. The average molecular weight is 311 g/mol. The van der Waals surface area contributed by atoms with Crippen molar-refractivity contribution in [2.24, 2.45) is 0 Å². The zero-order chi connectivity index (χ0) is 15.2. The molecule has 0 radical (unpaired) electrons. The summed E-state index contributed by atoms with van der Waals surface area (Å²) in [4.78, 5) is 16.4. The monoisotopic (exact) mass is 310 g/mol. The highest BCUT2D eigenvalue weighted by molar-refractivity contribution is 6.31. The van der Waals surface area contributed by atoms with Crippen LogP contribution in [0.3, 0.4) is 0 Å². The molecule has 0 aliphatic carbocycles. The molecule has 1 aliphatic rings. The van der Waals surface area contributed by atoms with Crippen molar-refractivity contribution < 1.29 is 9.90 Å². The summed E-state index contributed by atoms with van der Waals surface area (Å²) in [6.07, 6.45) is 0.860. The highest BCUT2D eigenvalue weighted by Crippen LogP contribution is 2.16. The summed E-state index contributed by atoms with van der Waals surface area (Å²) in [7, 11) is 0. The summed E-state index contributed by atoms with van der Waals surface area (Å²) in [5, 5.41) is 10.3. The Hall–Kier alpha value is -1.10. The second-order valence-corrected chi connectivity index (χ2v) is 5.92. The molecule has 1 fully saturated rings. The minimum absolute atomic E-state index is 0.124. The fourth-order valence-corrected chi connectivity index (χ4v) is 2.73. The van der Waals surface area contributed by atoms with E-state index in [1.54, 1.807) is 0 Å². The van der Waals surface area contributed by atoms with Gasteiger partial charge in [-0.3, -0.25) is 9.69 Å². The number of hydrogen-bond acceptors (Lipinski definition) is 3. The number of aliphatic hydroxyl groups excluding tert-OH is 1. The first kappa shape index (κ1) is 16.3. The number of aliphatic hydroxyl groups is 1. The number of rotatable bonds is 5. The number of carbonyl (C=O) groups is 1. The number of carbonyl (C=O) groups excluding carboxylic acids is 1. The Morgan fingerprint density at radius 2 is 1.95 bits per heavy atom. The molecular formula is C16H23ClN2O2. The van der Waals surface area contributed by atoms with E-state index in [-0.39, 0.29) is 12.0 Å². The lowest BCUT2D eigenvalue weighted by Crippen LogP contribution is -2.50. The van der Waals surface area contributed by atoms with Gasteiger partial charge in [0, 0.05) is 37.7 Å². The van der Waals surface area contributed by atoms with E-state index in [9.17, 15) is 9.90 Å². The van der Waals surface area contributed by atoms with Crippen molar-refractivity contribution >= 4 is 17.5 Å². The molecule has 116 valence electrons. The molecule has 0 aromatic heterocycles. The molecule has 1 saturated heterocycles. The Labute approximate surface area is 131 Å². The first-order valence-corrected chi connectivity index (χ1v) is 7.89. The van der Waals surface area contributed by atoms with E-state index in [4.69, 9.17) is 11.6 Å². The van der Waals surface area contributed by atoms with Gasteiger partial charge in [0.05, 0.1) is 12.5 Å². The van der Waals surface area contributed by atoms with Crippen molar-refractivity contribution in [1.82, 2.24) is 9.80 Å². The predicted octanol–water partition coefficient (Wildman–Crippen LogP) is 1.80. The maximum Gasteiger partial charge on any atom is 0.227 e. The van der Waals surface area contributed by atoms with E-state index in [1.807, 2.05) is 36.1 Å². The molecule has 1 aromatic rings. The van der Waals surface area contributed by atoms with Gasteiger partial charge in [0.25, 0.3) is 0 Å². The fourth-order valence-electron chi connectivity index (χ4n) is 2.52. The molecule has 21 heavy (non-hydrogen) atoms. The van der Waals surface area contributed by atoms with Crippen LogP contribution in [-0.4, -0.2) is 59.6 Å². The highest BCUT2D eigenvalue weighted by Gasteiger charge is 2.22. The van der Waals surface area contributed by atoms with Crippen LogP contribution in [0.5, 0.6) is 0 Å². The maximum absolute atomic E-state index is 12.3. The first-order chi connectivity index (χ1) is 10.1. The molecule has 4 nitrogen and oxygen atoms in total. The van der Waals surface area contributed by atoms with Crippen molar-refractivity contribution in [3.63, 3.8) is 0 Å². The molecule has 2 rings (SSSR count). The number of β-amino-alcohol motifs (C(OH)–C–C–N with tert-alkyl or cyclic N) is 1. The molecule has 1 aromatic carbocycles. The molecule has 0 unspecified atom stereocenters. The second-order valence-electron chi connectivity index (χ2n) is 5.51. The second kappa shape index (κ2) is 7.78. The van der Waals surface area contributed by atoms with Crippen molar-refractivity contribution in [3.05, 3.63) is 34.9 Å². The molecule has 1 aliphatic heterocycles. The average Bonchev–Trinajstić information content (AvgIpc) is 2.50. The SMILES string of the molecule is CC[C@H](O)CN1CCN(C(=O)Cc2ccccc2Cl)CC1. The third-order valence-corrected chi connectivity index (χ3v) is 4.33. The van der Waals surface area contributed by atoms with Crippen LogP contribution in [0.2, 0.25) is 5.02 Å². The number of nitrogens with zero attached hydrogens (tertiary/aromatic N) is 2. The van der Waals surface area contributed by atoms with E-state index in [1.165, 1.54) is 0 Å². The van der Waals surface area contributed by atoms with E-state index >= 15 is 0 Å². The van der Waals surface area contributed by atoms with Crippen LogP contribution >= 0.6 is 11.6 Å². The minimum Gasteiger partial charge on any atom is -0.392 e. The van der Waals surface area contributed by atoms with Crippen molar-refractivity contribution in [2.45, 2.75) is 25.9 Å². The third-order valence-electron chi connectivity index (χ3n) is 3.96. The van der Waals surface area contributed by atoms with Crippen LogP contribution in [0.25, 0.3) is 0 Å². The Balaban J connectivity index is 1.82. The Bertz CT molecular complexity index is 473. The highest BCUT2D eigenvalue weighted by atomic mass is 35.5. The molecule has 1 heterocycles. The summed E-state index contributed by atoms with van der Waals surface area (Å²) in [6, 6.07) is 7.48. The normalized spacial score (nSPS) is 17.8. The van der Waals surface area contributed by atoms with Crippen LogP contribution in [0.4, 0.5) is 0 Å². The van der Waals surface area contributed by atoms with Gasteiger partial charge in [0.15, 0.2) is 0 Å². The Morgan fingerprint density at radius 3 is 2.57 bits per heavy atom. The third kappa shape index (κ3) is 4.70. The van der Waals surface area contributed by atoms with Crippen molar-refractivity contribution in [1.29, 1.82) is 0 Å². The predicted molar refractivity (Wildman–Crippen MR) is 84.5 cm³/mol. The Kier molecular flexibility index (Phi) is 6.03. The quantitative estimate of drug-likeness (QED) is 0.902. The number of hydrogen-bond donors (Lipinski definition) is 1. The van der Waals surface area contributed by atoms with Crippen LogP contribution in [-0.2, 0) is 11.2 Å². The summed E-state index contributed by atoms with van der Waals surface area (Å²) in [5.41, 5.74) is 0.882. The fraction of sp³-hybridized carbons (Fsp3) is 0.562. The van der Waals surface area contributed by atoms with Gasteiger partial charge in [-0.05, 0) is 18.1 Å². The van der Waals surface area contributed by atoms with Crippen molar-refractivity contribution in [3.8, 4) is 0 Å². The van der Waals surface area contributed by atoms with Crippen LogP contribution in [0.1, 0.15) is 18.9 Å². The smallest absolute Gasteiger partial charge is 0.227 e. The van der Waals surface area contributed by atoms with E-state index in [0.29, 0.717) is 18.0 Å². The summed E-state index contributed by atoms with van der Waals surface area (Å²) < 4.78 is 0. The molecule has 1 amide bonds. The van der Waals surface area contributed by atoms with Gasteiger partial charge in [0.1, 0.15) is 0 Å². The molecule has 1 N–H and O–H groups in total. The minimum atomic E-state index is -0.268. The van der Waals surface area contributed by atoms with Gasteiger partial charge in [0.2, 0.25) is 5.91 Å². The summed E-state index contributed by atoms with van der Waals surface area (Å²) in [6.45, 7) is 5.77. The standard InChI is InChI=1S/C16H23ClN2O2/c1-2-14(20)12-18-7-9-19(10-8-18)16(21)11-13-5-3-4-6-15(13)17/h3-6,14,20H,2,7-12H2,1H3/t14-/m0/s1. The molecule has 0 saturated carbocycles. The number of amides is 1. The summed E-state index contributed by atoms with van der Waals surface area (Å²) in [5.74, 6) is 0.124. The van der Waals surface area contributed by atoms with E-state index in [2.05, 4.69) is 4.90 Å². The first-order valence-electron chi connectivity index (χ1n) is 7.51. The molecular weight excluding hydrogens is 288 g/mol. The molecule has 0 spiro atoms. The lowest BCUT2D eigenvalue weighted by Gasteiger charge is -2.35. The Morgan fingerprint density at radius 1 is 1.29 bits per heavy atom. The van der Waals surface area contributed by atoms with Crippen LogP contribution < -0.4 is 0 Å². The van der Waals surface area contributed by atoms with Gasteiger partial charge in [-0.2, -0.15) is 0 Å². The topological polar surface area (TPSA) is 43.8 Å². The zero-order valence-corrected chi connectivity index (χ0v) is 13.2. The summed E-state index contributed by atoms with van der Waals surface area (Å²) >= 11 is 6.10. The van der Waals surface area contributed by atoms with Gasteiger partial charge in [-0.15, -0.1) is 0 Å². The van der Waals surface area contributed by atoms with Gasteiger partial charge >= 0.3 is 0 Å². The van der Waals surface area contributed by atoms with Crippen LogP contribution in [0.15, 0.2) is 24.3 Å². The van der Waals surface area contributed by atoms with Crippen LogP contribution in [0, 0.1) is 0 Å².